The highest BCUT2D eigenvalue weighted by Gasteiger charge is 2.24. The maximum absolute atomic E-state index is 11.7. The molecular formula is C8H14N4O4S. The van der Waals surface area contributed by atoms with E-state index in [1.807, 2.05) is 0 Å². The van der Waals surface area contributed by atoms with Crippen molar-refractivity contribution in [2.45, 2.75) is 18.9 Å². The van der Waals surface area contributed by atoms with Crippen LogP contribution in [0.4, 0.5) is 5.95 Å². The van der Waals surface area contributed by atoms with E-state index in [9.17, 15) is 8.42 Å². The molecule has 0 saturated carbocycles. The van der Waals surface area contributed by atoms with E-state index in [1.165, 1.54) is 7.11 Å². The van der Waals surface area contributed by atoms with Crippen LogP contribution in [0.5, 0.6) is 6.01 Å². The van der Waals surface area contributed by atoms with E-state index in [0.717, 1.165) is 12.8 Å². The minimum Gasteiger partial charge on any atom is -0.466 e. The second-order valence-electron chi connectivity index (χ2n) is 3.69. The fourth-order valence-electron chi connectivity index (χ4n) is 1.59. The Morgan fingerprint density at radius 1 is 1.65 bits per heavy atom. The molecule has 0 aliphatic carbocycles. The Hall–Kier alpha value is -1.35. The number of hydrogen-bond acceptors (Lipinski definition) is 6. The number of ether oxygens (including phenoxy) is 2. The van der Waals surface area contributed by atoms with E-state index in [4.69, 9.17) is 9.47 Å². The lowest BCUT2D eigenvalue weighted by molar-refractivity contribution is 0.127. The topological polar surface area (TPSA) is 106 Å². The van der Waals surface area contributed by atoms with Crippen molar-refractivity contribution in [2.75, 3.05) is 24.2 Å². The summed E-state index contributed by atoms with van der Waals surface area (Å²) in [6.45, 7) is 0.621. The minimum atomic E-state index is -3.48. The number of nitrogens with zero attached hydrogens (tertiary/aromatic N) is 2. The Balaban J connectivity index is 1.96. The molecule has 1 aliphatic rings. The maximum Gasteiger partial charge on any atom is 0.336 e. The second kappa shape index (κ2) is 4.88. The quantitative estimate of drug-likeness (QED) is 0.756. The van der Waals surface area contributed by atoms with Gasteiger partial charge in [0.05, 0.1) is 19.0 Å². The van der Waals surface area contributed by atoms with E-state index in [0.29, 0.717) is 6.61 Å². The molecule has 2 heterocycles. The van der Waals surface area contributed by atoms with E-state index < -0.39 is 10.0 Å². The summed E-state index contributed by atoms with van der Waals surface area (Å²) >= 11 is 0. The third kappa shape index (κ3) is 3.30. The lowest BCUT2D eigenvalue weighted by Gasteiger charge is -2.09. The smallest absolute Gasteiger partial charge is 0.336 e. The lowest BCUT2D eigenvalue weighted by Crippen LogP contribution is -2.26. The maximum atomic E-state index is 11.7. The second-order valence-corrected chi connectivity index (χ2v) is 5.46. The Kier molecular flexibility index (Phi) is 3.48. The Bertz CT molecular complexity index is 466. The molecule has 1 aliphatic heterocycles. The van der Waals surface area contributed by atoms with Gasteiger partial charge in [-0.15, -0.1) is 5.10 Å². The van der Waals surface area contributed by atoms with Gasteiger partial charge in [-0.25, -0.2) is 13.5 Å². The lowest BCUT2D eigenvalue weighted by atomic mass is 10.3. The molecule has 0 bridgehead atoms. The molecule has 0 radical (unpaired) electrons. The van der Waals surface area contributed by atoms with Crippen LogP contribution in [-0.2, 0) is 14.8 Å². The molecule has 0 spiro atoms. The number of nitrogens with one attached hydrogen (secondary N) is 2. The van der Waals surface area contributed by atoms with Gasteiger partial charge in [0.1, 0.15) is 0 Å². The van der Waals surface area contributed by atoms with E-state index in [-0.39, 0.29) is 23.8 Å². The molecule has 1 aromatic rings. The highest BCUT2D eigenvalue weighted by atomic mass is 32.2. The van der Waals surface area contributed by atoms with Crippen molar-refractivity contribution in [2.24, 2.45) is 0 Å². The van der Waals surface area contributed by atoms with E-state index in [1.54, 1.807) is 0 Å². The highest BCUT2D eigenvalue weighted by molar-refractivity contribution is 7.92. The van der Waals surface area contributed by atoms with Crippen LogP contribution < -0.4 is 9.46 Å². The van der Waals surface area contributed by atoms with Crippen molar-refractivity contribution in [3.8, 4) is 6.01 Å². The summed E-state index contributed by atoms with van der Waals surface area (Å²) in [4.78, 5) is 3.77. The molecule has 8 nitrogen and oxygen atoms in total. The standard InChI is InChI=1S/C8H14N4O4S/c1-15-8-9-7(10-11-8)12-17(13,14)5-6-3-2-4-16-6/h6H,2-5H2,1H3,(H2,9,10,11,12). The molecule has 1 atom stereocenters. The highest BCUT2D eigenvalue weighted by Crippen LogP contribution is 2.15. The van der Waals surface area contributed by atoms with Gasteiger partial charge in [-0.1, -0.05) is 0 Å². The van der Waals surface area contributed by atoms with Crippen LogP contribution in [0.2, 0.25) is 0 Å². The number of rotatable bonds is 5. The van der Waals surface area contributed by atoms with Gasteiger partial charge in [-0.2, -0.15) is 4.98 Å². The number of sulfonamides is 1. The Morgan fingerprint density at radius 3 is 3.06 bits per heavy atom. The van der Waals surface area contributed by atoms with Gasteiger partial charge >= 0.3 is 6.01 Å². The van der Waals surface area contributed by atoms with Crippen molar-refractivity contribution in [1.29, 1.82) is 0 Å². The molecule has 1 saturated heterocycles. The van der Waals surface area contributed by atoms with Gasteiger partial charge in [0.2, 0.25) is 16.0 Å². The predicted molar refractivity (Wildman–Crippen MR) is 59.3 cm³/mol. The molecule has 1 unspecified atom stereocenters. The zero-order valence-electron chi connectivity index (χ0n) is 9.34. The average molecular weight is 262 g/mol. The summed E-state index contributed by atoms with van der Waals surface area (Å²) in [7, 11) is -2.08. The number of anilines is 1. The summed E-state index contributed by atoms with van der Waals surface area (Å²) in [5.74, 6) is -0.0319. The number of methoxy groups -OCH3 is 1. The molecule has 0 amide bonds. The summed E-state index contributed by atoms with van der Waals surface area (Å²) in [6, 6.07) is 0.0832. The first kappa shape index (κ1) is 12.1. The first-order valence-electron chi connectivity index (χ1n) is 5.17. The largest absolute Gasteiger partial charge is 0.466 e. The SMILES string of the molecule is COc1n[nH]c(NS(=O)(=O)CC2CCCO2)n1. The third-order valence-corrected chi connectivity index (χ3v) is 3.64. The van der Waals surface area contributed by atoms with Crippen molar-refractivity contribution in [3.05, 3.63) is 0 Å². The van der Waals surface area contributed by atoms with Crippen molar-refractivity contribution in [3.63, 3.8) is 0 Å². The molecule has 1 aromatic heterocycles. The Morgan fingerprint density at radius 2 is 2.47 bits per heavy atom. The summed E-state index contributed by atoms with van der Waals surface area (Å²) in [5.41, 5.74) is 0. The number of hydrogen-bond donors (Lipinski definition) is 2. The average Bonchev–Trinajstić information content (AvgIpc) is 2.88. The van der Waals surface area contributed by atoms with E-state index >= 15 is 0 Å². The van der Waals surface area contributed by atoms with Crippen LogP contribution in [0.25, 0.3) is 0 Å². The van der Waals surface area contributed by atoms with Crippen LogP contribution in [0.3, 0.4) is 0 Å². The Labute approximate surface area is 98.8 Å². The summed E-state index contributed by atoms with van der Waals surface area (Å²) in [5, 5.41) is 6.05. The van der Waals surface area contributed by atoms with Crippen molar-refractivity contribution < 1.29 is 17.9 Å². The third-order valence-electron chi connectivity index (χ3n) is 2.33. The van der Waals surface area contributed by atoms with Crippen LogP contribution in [0.15, 0.2) is 0 Å². The zero-order chi connectivity index (χ0) is 12.3. The van der Waals surface area contributed by atoms with Crippen LogP contribution in [-0.4, -0.2) is 49.2 Å². The monoisotopic (exact) mass is 262 g/mol. The number of H-pyrrole nitrogens is 1. The van der Waals surface area contributed by atoms with Crippen molar-refractivity contribution in [1.82, 2.24) is 15.2 Å². The fourth-order valence-corrected chi connectivity index (χ4v) is 2.81. The molecule has 17 heavy (non-hydrogen) atoms. The van der Waals surface area contributed by atoms with Gasteiger partial charge in [0, 0.05) is 6.61 Å². The fraction of sp³-hybridized carbons (Fsp3) is 0.750. The summed E-state index contributed by atoms with van der Waals surface area (Å²) < 4.78 is 35.7. The van der Waals surface area contributed by atoms with Gasteiger partial charge < -0.3 is 9.47 Å². The van der Waals surface area contributed by atoms with Crippen LogP contribution >= 0.6 is 0 Å². The number of aromatic amines is 1. The molecule has 9 heteroatoms. The van der Waals surface area contributed by atoms with Gasteiger partial charge in [-0.3, -0.25) is 4.72 Å². The van der Waals surface area contributed by atoms with Crippen LogP contribution in [0.1, 0.15) is 12.8 Å². The predicted octanol–water partition coefficient (Wildman–Crippen LogP) is -0.266. The normalized spacial score (nSPS) is 20.4. The minimum absolute atomic E-state index is 0.0415. The molecule has 0 aromatic carbocycles. The molecule has 96 valence electrons. The van der Waals surface area contributed by atoms with E-state index in [2.05, 4.69) is 19.9 Å². The van der Waals surface area contributed by atoms with Gasteiger partial charge in [0.15, 0.2) is 0 Å². The first-order valence-corrected chi connectivity index (χ1v) is 6.83. The number of aromatic nitrogens is 3. The first-order chi connectivity index (χ1) is 8.09. The molecule has 2 N–H and O–H groups in total. The molecular weight excluding hydrogens is 248 g/mol. The summed E-state index contributed by atoms with van der Waals surface area (Å²) in [6.07, 6.45) is 1.43. The molecule has 2 rings (SSSR count). The van der Waals surface area contributed by atoms with Gasteiger partial charge in [-0.05, 0) is 12.8 Å². The van der Waals surface area contributed by atoms with Gasteiger partial charge in [0.25, 0.3) is 0 Å². The molecule has 1 fully saturated rings. The van der Waals surface area contributed by atoms with Crippen molar-refractivity contribution >= 4 is 16.0 Å². The zero-order valence-corrected chi connectivity index (χ0v) is 10.2. The van der Waals surface area contributed by atoms with Crippen LogP contribution in [0, 0.1) is 0 Å².